The van der Waals surface area contributed by atoms with E-state index in [0.717, 1.165) is 10.5 Å². The highest BCUT2D eigenvalue weighted by Gasteiger charge is 2.37. The molecule has 1 aliphatic rings. The minimum Gasteiger partial charge on any atom is -0.490 e. The lowest BCUT2D eigenvalue weighted by molar-refractivity contribution is -0.122. The number of amides is 4. The molecule has 0 aliphatic carbocycles. The minimum atomic E-state index is -0.784. The molecule has 0 saturated carbocycles. The number of nitrogens with one attached hydrogen (secondary N) is 1. The van der Waals surface area contributed by atoms with Crippen molar-refractivity contribution in [1.29, 1.82) is 0 Å². The van der Waals surface area contributed by atoms with E-state index in [4.69, 9.17) is 21.1 Å². The molecule has 1 heterocycles. The van der Waals surface area contributed by atoms with E-state index in [1.165, 1.54) is 6.08 Å². The van der Waals surface area contributed by atoms with Crippen LogP contribution < -0.4 is 19.7 Å². The largest absolute Gasteiger partial charge is 0.490 e. The van der Waals surface area contributed by atoms with Crippen molar-refractivity contribution >= 4 is 41.2 Å². The molecule has 0 aromatic heterocycles. The zero-order chi connectivity index (χ0) is 22.5. The molecule has 162 valence electrons. The summed E-state index contributed by atoms with van der Waals surface area (Å²) in [5.41, 5.74) is 1.52. The van der Waals surface area contributed by atoms with Gasteiger partial charge >= 0.3 is 6.03 Å². The van der Waals surface area contributed by atoms with E-state index < -0.39 is 17.8 Å². The number of carbonyl (C=O) groups excluding carboxylic acids is 3. The first-order chi connectivity index (χ1) is 14.9. The van der Waals surface area contributed by atoms with E-state index in [0.29, 0.717) is 42.4 Å². The van der Waals surface area contributed by atoms with Gasteiger partial charge in [-0.05, 0) is 55.7 Å². The maximum atomic E-state index is 13.2. The van der Waals surface area contributed by atoms with Gasteiger partial charge in [-0.3, -0.25) is 14.9 Å². The van der Waals surface area contributed by atoms with E-state index in [-0.39, 0.29) is 10.6 Å². The van der Waals surface area contributed by atoms with Crippen LogP contribution in [0.25, 0.3) is 6.08 Å². The number of halogens is 1. The van der Waals surface area contributed by atoms with Crippen molar-refractivity contribution in [1.82, 2.24) is 5.32 Å². The molecule has 8 heteroatoms. The Balaban J connectivity index is 2.06. The number of carbonyl (C=O) groups is 3. The van der Waals surface area contributed by atoms with Gasteiger partial charge in [0.15, 0.2) is 11.5 Å². The average molecular weight is 443 g/mol. The Bertz CT molecular complexity index is 1060. The number of urea groups is 1. The fraction of sp³-hybridized carbons (Fsp3) is 0.261. The molecule has 1 aliphatic heterocycles. The summed E-state index contributed by atoms with van der Waals surface area (Å²) in [6.45, 7) is 6.35. The third-order valence-electron chi connectivity index (χ3n) is 4.65. The first kappa shape index (κ1) is 22.4. The second kappa shape index (κ2) is 9.66. The highest BCUT2D eigenvalue weighted by molar-refractivity contribution is 6.39. The number of imide groups is 2. The Morgan fingerprint density at radius 1 is 1.03 bits per heavy atom. The second-order valence-electron chi connectivity index (χ2n) is 6.64. The van der Waals surface area contributed by atoms with Crippen molar-refractivity contribution in [2.24, 2.45) is 0 Å². The molecule has 7 nitrogen and oxygen atoms in total. The Labute approximate surface area is 185 Å². The Kier molecular flexibility index (Phi) is 6.97. The van der Waals surface area contributed by atoms with Crippen LogP contribution in [-0.4, -0.2) is 31.1 Å². The van der Waals surface area contributed by atoms with Crippen molar-refractivity contribution in [3.8, 4) is 11.5 Å². The molecule has 2 aromatic rings. The lowest BCUT2D eigenvalue weighted by Gasteiger charge is -2.28. The van der Waals surface area contributed by atoms with Crippen molar-refractivity contribution in [3.63, 3.8) is 0 Å². The molecule has 1 saturated heterocycles. The fourth-order valence-electron chi connectivity index (χ4n) is 3.29. The van der Waals surface area contributed by atoms with Gasteiger partial charge in [-0.25, -0.2) is 9.69 Å². The first-order valence-electron chi connectivity index (χ1n) is 9.99. The van der Waals surface area contributed by atoms with Gasteiger partial charge in [-0.1, -0.05) is 36.7 Å². The van der Waals surface area contributed by atoms with Crippen molar-refractivity contribution in [3.05, 3.63) is 58.1 Å². The highest BCUT2D eigenvalue weighted by atomic mass is 35.5. The molecule has 0 spiro atoms. The Morgan fingerprint density at radius 3 is 2.42 bits per heavy atom. The number of hydrogen-bond acceptors (Lipinski definition) is 5. The number of anilines is 1. The van der Waals surface area contributed by atoms with Crippen LogP contribution in [0.5, 0.6) is 11.5 Å². The molecule has 0 atom stereocenters. The van der Waals surface area contributed by atoms with Crippen LogP contribution in [0, 0.1) is 0 Å². The van der Waals surface area contributed by atoms with E-state index >= 15 is 0 Å². The van der Waals surface area contributed by atoms with Crippen LogP contribution in [-0.2, 0) is 16.0 Å². The molecule has 3 rings (SSSR count). The van der Waals surface area contributed by atoms with Gasteiger partial charge < -0.3 is 9.47 Å². The number of hydrogen-bond donors (Lipinski definition) is 1. The van der Waals surface area contributed by atoms with E-state index in [1.54, 1.807) is 24.3 Å². The third-order valence-corrected chi connectivity index (χ3v) is 4.93. The number of barbiturate groups is 1. The number of aryl methyl sites for hydroxylation is 1. The molecular weight excluding hydrogens is 420 g/mol. The summed E-state index contributed by atoms with van der Waals surface area (Å²) in [6, 6.07) is 9.48. The molecular formula is C23H23ClN2O5. The predicted molar refractivity (Wildman–Crippen MR) is 119 cm³/mol. The molecule has 31 heavy (non-hydrogen) atoms. The van der Waals surface area contributed by atoms with Crippen LogP contribution in [0.1, 0.15) is 31.9 Å². The normalized spacial score (nSPS) is 15.3. The second-order valence-corrected chi connectivity index (χ2v) is 7.04. The van der Waals surface area contributed by atoms with Crippen LogP contribution in [0.15, 0.2) is 42.0 Å². The number of benzene rings is 2. The smallest absolute Gasteiger partial charge is 0.335 e. The third kappa shape index (κ3) is 4.56. The fourth-order valence-corrected chi connectivity index (χ4v) is 3.56. The molecule has 0 radical (unpaired) electrons. The quantitative estimate of drug-likeness (QED) is 0.508. The van der Waals surface area contributed by atoms with Crippen LogP contribution in [0.4, 0.5) is 10.5 Å². The van der Waals surface area contributed by atoms with Crippen LogP contribution in [0.2, 0.25) is 5.02 Å². The minimum absolute atomic E-state index is 0.187. The first-order valence-corrected chi connectivity index (χ1v) is 10.4. The Morgan fingerprint density at radius 2 is 1.74 bits per heavy atom. The van der Waals surface area contributed by atoms with Crippen molar-refractivity contribution in [2.75, 3.05) is 18.1 Å². The molecule has 1 N–H and O–H groups in total. The molecule has 2 aromatic carbocycles. The highest BCUT2D eigenvalue weighted by Crippen LogP contribution is 2.37. The van der Waals surface area contributed by atoms with Gasteiger partial charge in [-0.2, -0.15) is 0 Å². The standard InChI is InChI=1S/C23H23ClN2O5/c1-4-15-9-7-8-10-18(15)26-22(28)16(21(27)25-23(26)29)11-14-12-17(24)20(31-6-3)19(13-14)30-5-2/h7-13H,4-6H2,1-3H3,(H,25,27,29)/b16-11-. The topological polar surface area (TPSA) is 84.9 Å². The van der Waals surface area contributed by atoms with Gasteiger partial charge in [0.05, 0.1) is 23.9 Å². The predicted octanol–water partition coefficient (Wildman–Crippen LogP) is 4.37. The molecule has 0 bridgehead atoms. The lowest BCUT2D eigenvalue weighted by Crippen LogP contribution is -2.54. The van der Waals surface area contributed by atoms with Crippen molar-refractivity contribution in [2.45, 2.75) is 27.2 Å². The van der Waals surface area contributed by atoms with Gasteiger partial charge in [0.25, 0.3) is 11.8 Å². The maximum absolute atomic E-state index is 13.2. The zero-order valence-electron chi connectivity index (χ0n) is 17.5. The van der Waals surface area contributed by atoms with Gasteiger partial charge in [0.1, 0.15) is 5.57 Å². The van der Waals surface area contributed by atoms with Crippen LogP contribution in [0.3, 0.4) is 0 Å². The monoisotopic (exact) mass is 442 g/mol. The summed E-state index contributed by atoms with van der Waals surface area (Å²) >= 11 is 6.34. The lowest BCUT2D eigenvalue weighted by atomic mass is 10.0. The molecule has 1 fully saturated rings. The van der Waals surface area contributed by atoms with Gasteiger partial charge in [0.2, 0.25) is 0 Å². The summed E-state index contributed by atoms with van der Waals surface area (Å²) < 4.78 is 11.1. The number of para-hydroxylation sites is 1. The number of rotatable bonds is 7. The number of nitrogens with zero attached hydrogens (tertiary/aromatic N) is 1. The summed E-state index contributed by atoms with van der Waals surface area (Å²) in [6.07, 6.45) is 2.00. The van der Waals surface area contributed by atoms with E-state index in [2.05, 4.69) is 5.32 Å². The maximum Gasteiger partial charge on any atom is 0.335 e. The van der Waals surface area contributed by atoms with Crippen molar-refractivity contribution < 1.29 is 23.9 Å². The van der Waals surface area contributed by atoms with E-state index in [9.17, 15) is 14.4 Å². The molecule has 4 amide bonds. The van der Waals surface area contributed by atoms with Crippen LogP contribution >= 0.6 is 11.6 Å². The SMILES string of the molecule is CCOc1cc(/C=C2/C(=O)NC(=O)N(c3ccccc3CC)C2=O)cc(Cl)c1OCC. The summed E-state index contributed by atoms with van der Waals surface area (Å²) in [7, 11) is 0. The average Bonchev–Trinajstić information content (AvgIpc) is 2.74. The van der Waals surface area contributed by atoms with Gasteiger partial charge in [0, 0.05) is 0 Å². The Hall–Kier alpha value is -3.32. The van der Waals surface area contributed by atoms with Gasteiger partial charge in [-0.15, -0.1) is 0 Å². The summed E-state index contributed by atoms with van der Waals surface area (Å²) in [5, 5.41) is 2.52. The van der Waals surface area contributed by atoms with E-state index in [1.807, 2.05) is 32.9 Å². The summed E-state index contributed by atoms with van der Waals surface area (Å²) in [5.74, 6) is -0.696. The molecule has 0 unspecified atom stereocenters. The summed E-state index contributed by atoms with van der Waals surface area (Å²) in [4.78, 5) is 39.1. The number of ether oxygens (including phenoxy) is 2. The zero-order valence-corrected chi connectivity index (χ0v) is 18.3.